The molecule has 1 aromatic heterocycles. The van der Waals surface area contributed by atoms with Gasteiger partial charge in [0.2, 0.25) is 0 Å². The minimum absolute atomic E-state index is 0.251. The van der Waals surface area contributed by atoms with Crippen molar-refractivity contribution < 1.29 is 0 Å². The lowest BCUT2D eigenvalue weighted by Crippen LogP contribution is -2.28. The van der Waals surface area contributed by atoms with Gasteiger partial charge in [-0.05, 0) is 94.4 Å². The van der Waals surface area contributed by atoms with Crippen LogP contribution in [0.3, 0.4) is 0 Å². The molecule has 0 bridgehead atoms. The topological polar surface area (TPSA) is 8.17 Å². The molecule has 3 atom stereocenters. The predicted molar refractivity (Wildman–Crippen MR) is 210 cm³/mol. The summed E-state index contributed by atoms with van der Waals surface area (Å²) in [4.78, 5) is 2.50. The maximum Gasteiger partial charge on any atom is 0.0630 e. The number of hydrogen-bond acceptors (Lipinski definition) is 1. The quantitative estimate of drug-likeness (QED) is 0.182. The van der Waals surface area contributed by atoms with E-state index in [2.05, 4.69) is 198 Å². The molecule has 238 valence electrons. The van der Waals surface area contributed by atoms with Crippen LogP contribution in [0.2, 0.25) is 0 Å². The molecule has 3 aliphatic rings. The lowest BCUT2D eigenvalue weighted by Gasteiger charge is -2.29. The van der Waals surface area contributed by atoms with Crippen molar-refractivity contribution in [3.63, 3.8) is 0 Å². The molecule has 1 aliphatic heterocycles. The van der Waals surface area contributed by atoms with Crippen molar-refractivity contribution in [3.05, 3.63) is 210 Å². The molecule has 0 spiro atoms. The van der Waals surface area contributed by atoms with Crippen LogP contribution in [-0.2, 0) is 0 Å². The monoisotopic (exact) mass is 640 g/mol. The van der Waals surface area contributed by atoms with Gasteiger partial charge in [0.05, 0.1) is 17.1 Å². The zero-order valence-electron chi connectivity index (χ0n) is 27.7. The average molecular weight is 641 g/mol. The van der Waals surface area contributed by atoms with Crippen molar-refractivity contribution in [2.24, 2.45) is 0 Å². The Morgan fingerprint density at radius 3 is 1.82 bits per heavy atom. The standard InChI is InChI=1S/C48H36N2/c1-4-13-33(14-5-1)34-15-12-16-35(29-34)36-23-27-47-43(31-36)44-32-38(25-28-48(44)50(47)40-19-8-3-9-20-40)37-24-26-46-42(30-37)41-21-10-11-22-45(41)49(46)39-17-6-2-7-18-39/h1-14,16-32,34,42,46H,15H2. The van der Waals surface area contributed by atoms with Crippen LogP contribution >= 0.6 is 0 Å². The highest BCUT2D eigenvalue weighted by atomic mass is 15.2. The Bertz CT molecular complexity index is 2510. The number of rotatable bonds is 5. The highest BCUT2D eigenvalue weighted by Crippen LogP contribution is 2.49. The fourth-order valence-corrected chi connectivity index (χ4v) is 8.48. The molecule has 50 heavy (non-hydrogen) atoms. The molecule has 10 rings (SSSR count). The molecule has 0 radical (unpaired) electrons. The summed E-state index contributed by atoms with van der Waals surface area (Å²) in [5, 5.41) is 2.55. The molecule has 0 saturated carbocycles. The summed E-state index contributed by atoms with van der Waals surface area (Å²) in [7, 11) is 0. The van der Waals surface area contributed by atoms with Crippen molar-refractivity contribution in [3.8, 4) is 5.69 Å². The zero-order chi connectivity index (χ0) is 33.0. The SMILES string of the molecule is C1=CC(c2ccc3c(c2)c2cc(C4=CC5c6ccccc6N(c6ccccc6)C5C=C4)ccc2n3-c2ccccc2)=CC(c2ccccc2)C1. The number of para-hydroxylation sites is 3. The molecule has 3 unspecified atom stereocenters. The van der Waals surface area contributed by atoms with Gasteiger partial charge < -0.3 is 9.47 Å². The summed E-state index contributed by atoms with van der Waals surface area (Å²) in [5.41, 5.74) is 14.0. The lowest BCUT2D eigenvalue weighted by atomic mass is 9.86. The summed E-state index contributed by atoms with van der Waals surface area (Å²) in [5.74, 6) is 0.665. The molecule has 0 saturated heterocycles. The first-order valence-electron chi connectivity index (χ1n) is 17.7. The number of anilines is 2. The van der Waals surface area contributed by atoms with Gasteiger partial charge in [0, 0.05) is 39.7 Å². The molecule has 2 heteroatoms. The van der Waals surface area contributed by atoms with Crippen LogP contribution in [-0.4, -0.2) is 10.6 Å². The number of benzene rings is 6. The van der Waals surface area contributed by atoms with E-state index in [0.29, 0.717) is 5.92 Å². The van der Waals surface area contributed by atoms with Gasteiger partial charge in [-0.2, -0.15) is 0 Å². The van der Waals surface area contributed by atoms with Gasteiger partial charge in [0.25, 0.3) is 0 Å². The van der Waals surface area contributed by atoms with Crippen LogP contribution < -0.4 is 4.90 Å². The second-order valence-corrected chi connectivity index (χ2v) is 13.7. The van der Waals surface area contributed by atoms with Gasteiger partial charge in [-0.1, -0.05) is 134 Å². The number of fused-ring (bicyclic) bond motifs is 6. The molecular formula is C48H36N2. The Labute approximate surface area is 293 Å². The van der Waals surface area contributed by atoms with E-state index in [1.54, 1.807) is 0 Å². The van der Waals surface area contributed by atoms with Crippen molar-refractivity contribution in [1.29, 1.82) is 0 Å². The van der Waals surface area contributed by atoms with Gasteiger partial charge in [0.1, 0.15) is 0 Å². The van der Waals surface area contributed by atoms with E-state index in [0.717, 1.165) is 6.42 Å². The minimum Gasteiger partial charge on any atom is -0.333 e. The molecule has 0 amide bonds. The third kappa shape index (κ3) is 4.71. The highest BCUT2D eigenvalue weighted by Gasteiger charge is 2.38. The summed E-state index contributed by atoms with van der Waals surface area (Å²) in [6, 6.07) is 55.7. The third-order valence-electron chi connectivity index (χ3n) is 10.8. The zero-order valence-corrected chi connectivity index (χ0v) is 27.7. The first-order chi connectivity index (χ1) is 24.8. The van der Waals surface area contributed by atoms with Crippen LogP contribution in [0.4, 0.5) is 11.4 Å². The fourth-order valence-electron chi connectivity index (χ4n) is 8.48. The van der Waals surface area contributed by atoms with Crippen LogP contribution in [0.15, 0.2) is 188 Å². The Kier molecular flexibility index (Phi) is 6.80. The summed E-state index contributed by atoms with van der Waals surface area (Å²) in [6.07, 6.45) is 15.4. The first-order valence-corrected chi connectivity index (χ1v) is 17.7. The minimum atomic E-state index is 0.251. The van der Waals surface area contributed by atoms with Crippen molar-refractivity contribution in [1.82, 2.24) is 4.57 Å². The number of allylic oxidation sites excluding steroid dienone is 6. The molecule has 2 heterocycles. The first kappa shape index (κ1) is 28.9. The normalized spacial score (nSPS) is 19.4. The van der Waals surface area contributed by atoms with Gasteiger partial charge in [0.15, 0.2) is 0 Å². The van der Waals surface area contributed by atoms with E-state index in [1.807, 2.05) is 0 Å². The third-order valence-corrected chi connectivity index (χ3v) is 10.8. The van der Waals surface area contributed by atoms with Gasteiger partial charge in [-0.25, -0.2) is 0 Å². The Morgan fingerprint density at radius 1 is 0.520 bits per heavy atom. The molecule has 2 aliphatic carbocycles. The molecule has 0 fully saturated rings. The van der Waals surface area contributed by atoms with Gasteiger partial charge in [-0.3, -0.25) is 0 Å². The van der Waals surface area contributed by atoms with Crippen LogP contribution in [0, 0.1) is 0 Å². The predicted octanol–water partition coefficient (Wildman–Crippen LogP) is 12.2. The molecule has 6 aromatic carbocycles. The largest absolute Gasteiger partial charge is 0.333 e. The van der Waals surface area contributed by atoms with Crippen molar-refractivity contribution in [2.75, 3.05) is 4.90 Å². The Morgan fingerprint density at radius 2 is 1.12 bits per heavy atom. The number of aromatic nitrogens is 1. The van der Waals surface area contributed by atoms with Gasteiger partial charge in [-0.15, -0.1) is 0 Å². The maximum atomic E-state index is 2.50. The second kappa shape index (κ2) is 11.8. The van der Waals surface area contributed by atoms with E-state index in [4.69, 9.17) is 0 Å². The molecule has 0 N–H and O–H groups in total. The molecular weight excluding hydrogens is 605 g/mol. The summed E-state index contributed by atoms with van der Waals surface area (Å²) >= 11 is 0. The van der Waals surface area contributed by atoms with Crippen molar-refractivity contribution in [2.45, 2.75) is 24.3 Å². The Balaban J connectivity index is 1.10. The van der Waals surface area contributed by atoms with Crippen LogP contribution in [0.5, 0.6) is 0 Å². The number of hydrogen-bond donors (Lipinski definition) is 0. The second-order valence-electron chi connectivity index (χ2n) is 13.7. The fraction of sp³-hybridized carbons (Fsp3) is 0.0833. The maximum absolute atomic E-state index is 2.50. The molecule has 7 aromatic rings. The van der Waals surface area contributed by atoms with E-state index in [-0.39, 0.29) is 12.0 Å². The highest BCUT2D eigenvalue weighted by molar-refractivity contribution is 6.11. The van der Waals surface area contributed by atoms with Gasteiger partial charge >= 0.3 is 0 Å². The number of nitrogens with zero attached hydrogens (tertiary/aromatic N) is 2. The van der Waals surface area contributed by atoms with E-state index >= 15 is 0 Å². The summed E-state index contributed by atoms with van der Waals surface area (Å²) < 4.78 is 2.42. The van der Waals surface area contributed by atoms with Crippen LogP contribution in [0.25, 0.3) is 38.6 Å². The van der Waals surface area contributed by atoms with Crippen molar-refractivity contribution >= 4 is 44.3 Å². The average Bonchev–Trinajstić information content (AvgIpc) is 3.71. The van der Waals surface area contributed by atoms with Crippen LogP contribution in [0.1, 0.15) is 40.5 Å². The van der Waals surface area contributed by atoms with E-state index < -0.39 is 0 Å². The van der Waals surface area contributed by atoms with E-state index in [9.17, 15) is 0 Å². The lowest BCUT2D eigenvalue weighted by molar-refractivity contribution is 0.747. The smallest absolute Gasteiger partial charge is 0.0630 e. The Hall–Kier alpha value is -6.12. The molecule has 2 nitrogen and oxygen atoms in total. The summed E-state index contributed by atoms with van der Waals surface area (Å²) in [6.45, 7) is 0. The van der Waals surface area contributed by atoms with E-state index in [1.165, 1.54) is 72.3 Å².